The molecule has 0 aliphatic heterocycles. The highest BCUT2D eigenvalue weighted by Crippen LogP contribution is 2.15. The van der Waals surface area contributed by atoms with Crippen molar-refractivity contribution in [3.8, 4) is 0 Å². The molecule has 0 unspecified atom stereocenters. The van der Waals surface area contributed by atoms with E-state index >= 15 is 0 Å². The topological polar surface area (TPSA) is 71.3 Å². The minimum Gasteiger partial charge on any atom is -0.447 e. The molecule has 2 N–H and O–H groups in total. The molecule has 0 aliphatic carbocycles. The van der Waals surface area contributed by atoms with E-state index in [0.29, 0.717) is 12.3 Å². The molecular formula is C12H16N2O3S2. The SMILES string of the molecule is CCNCc1ccc(S(=O)(=O)NCc2cccs2)o1. The van der Waals surface area contributed by atoms with Gasteiger partial charge in [0, 0.05) is 11.4 Å². The average molecular weight is 300 g/mol. The summed E-state index contributed by atoms with van der Waals surface area (Å²) in [6, 6.07) is 6.91. The van der Waals surface area contributed by atoms with Crippen LogP contribution in [0.5, 0.6) is 0 Å². The zero-order valence-electron chi connectivity index (χ0n) is 10.5. The summed E-state index contributed by atoms with van der Waals surface area (Å²) >= 11 is 1.51. The normalized spacial score (nSPS) is 11.8. The van der Waals surface area contributed by atoms with Crippen molar-refractivity contribution >= 4 is 21.4 Å². The van der Waals surface area contributed by atoms with Crippen LogP contribution in [0.1, 0.15) is 17.6 Å². The molecule has 0 spiro atoms. The van der Waals surface area contributed by atoms with Gasteiger partial charge in [-0.1, -0.05) is 13.0 Å². The summed E-state index contributed by atoms with van der Waals surface area (Å²) in [6.45, 7) is 3.59. The van der Waals surface area contributed by atoms with Crippen molar-refractivity contribution in [3.05, 3.63) is 40.3 Å². The Kier molecular flexibility index (Phi) is 4.76. The number of hydrogen-bond donors (Lipinski definition) is 2. The lowest BCUT2D eigenvalue weighted by Crippen LogP contribution is -2.22. The minimum atomic E-state index is -3.58. The number of furan rings is 1. The van der Waals surface area contributed by atoms with E-state index in [1.807, 2.05) is 24.4 Å². The van der Waals surface area contributed by atoms with Crippen molar-refractivity contribution in [2.75, 3.05) is 6.54 Å². The molecule has 0 aromatic carbocycles. The van der Waals surface area contributed by atoms with Gasteiger partial charge >= 0.3 is 0 Å². The van der Waals surface area contributed by atoms with Crippen LogP contribution in [0.2, 0.25) is 0 Å². The van der Waals surface area contributed by atoms with Gasteiger partial charge in [0.1, 0.15) is 5.76 Å². The van der Waals surface area contributed by atoms with Gasteiger partial charge in [-0.3, -0.25) is 0 Å². The van der Waals surface area contributed by atoms with Crippen molar-refractivity contribution in [1.29, 1.82) is 0 Å². The van der Waals surface area contributed by atoms with Crippen LogP contribution in [-0.2, 0) is 23.1 Å². The molecule has 0 atom stereocenters. The van der Waals surface area contributed by atoms with Crippen molar-refractivity contribution in [1.82, 2.24) is 10.0 Å². The first kappa shape index (κ1) is 14.3. The van der Waals surface area contributed by atoms with Crippen LogP contribution in [0.3, 0.4) is 0 Å². The fourth-order valence-corrected chi connectivity index (χ4v) is 3.18. The first-order valence-electron chi connectivity index (χ1n) is 5.93. The van der Waals surface area contributed by atoms with Crippen LogP contribution in [0.25, 0.3) is 0 Å². The Morgan fingerprint density at radius 1 is 1.26 bits per heavy atom. The van der Waals surface area contributed by atoms with Crippen molar-refractivity contribution in [2.24, 2.45) is 0 Å². The van der Waals surface area contributed by atoms with Gasteiger partial charge in [0.2, 0.25) is 5.09 Å². The van der Waals surface area contributed by atoms with Crippen LogP contribution in [0.15, 0.2) is 39.2 Å². The zero-order valence-corrected chi connectivity index (χ0v) is 12.2. The fraction of sp³-hybridized carbons (Fsp3) is 0.333. The van der Waals surface area contributed by atoms with Gasteiger partial charge in [-0.05, 0) is 30.1 Å². The maximum atomic E-state index is 12.0. The molecule has 7 heteroatoms. The molecule has 0 fully saturated rings. The molecule has 0 aliphatic rings. The Balaban J connectivity index is 2.00. The second-order valence-corrected chi connectivity index (χ2v) is 6.64. The number of rotatable bonds is 7. The Morgan fingerprint density at radius 3 is 2.79 bits per heavy atom. The highest BCUT2D eigenvalue weighted by atomic mass is 32.2. The molecule has 5 nitrogen and oxygen atoms in total. The molecule has 0 bridgehead atoms. The Morgan fingerprint density at radius 2 is 2.11 bits per heavy atom. The first-order valence-corrected chi connectivity index (χ1v) is 8.29. The summed E-state index contributed by atoms with van der Waals surface area (Å²) in [5.41, 5.74) is 0. The second kappa shape index (κ2) is 6.33. The molecule has 0 saturated heterocycles. The summed E-state index contributed by atoms with van der Waals surface area (Å²) in [7, 11) is -3.58. The van der Waals surface area contributed by atoms with Crippen molar-refractivity contribution < 1.29 is 12.8 Å². The molecular weight excluding hydrogens is 284 g/mol. The average Bonchev–Trinajstić information content (AvgIpc) is 3.05. The molecule has 104 valence electrons. The van der Waals surface area contributed by atoms with Crippen LogP contribution in [0, 0.1) is 0 Å². The summed E-state index contributed by atoms with van der Waals surface area (Å²) in [5.74, 6) is 0.610. The predicted molar refractivity (Wildman–Crippen MR) is 74.4 cm³/mol. The summed E-state index contributed by atoms with van der Waals surface area (Å²) in [5, 5.41) is 4.94. The van der Waals surface area contributed by atoms with E-state index < -0.39 is 10.0 Å². The van der Waals surface area contributed by atoms with Gasteiger partial charge in [0.25, 0.3) is 10.0 Å². The van der Waals surface area contributed by atoms with E-state index in [9.17, 15) is 8.42 Å². The third kappa shape index (κ3) is 3.90. The maximum absolute atomic E-state index is 12.0. The largest absolute Gasteiger partial charge is 0.447 e. The smallest absolute Gasteiger partial charge is 0.274 e. The lowest BCUT2D eigenvalue weighted by molar-refractivity contribution is 0.401. The summed E-state index contributed by atoms with van der Waals surface area (Å²) in [6.07, 6.45) is 0. The van der Waals surface area contributed by atoms with E-state index in [4.69, 9.17) is 4.42 Å². The zero-order chi connectivity index (χ0) is 13.7. The molecule has 2 rings (SSSR count). The molecule has 2 aromatic rings. The van der Waals surface area contributed by atoms with Gasteiger partial charge in [-0.15, -0.1) is 11.3 Å². The monoisotopic (exact) mass is 300 g/mol. The lowest BCUT2D eigenvalue weighted by Gasteiger charge is -2.02. The molecule has 0 radical (unpaired) electrons. The van der Waals surface area contributed by atoms with Crippen LogP contribution in [0.4, 0.5) is 0 Å². The van der Waals surface area contributed by atoms with Crippen LogP contribution < -0.4 is 10.0 Å². The first-order chi connectivity index (χ1) is 9.12. The van der Waals surface area contributed by atoms with Gasteiger partial charge in [-0.25, -0.2) is 13.1 Å². The molecule has 0 amide bonds. The van der Waals surface area contributed by atoms with Crippen LogP contribution in [-0.4, -0.2) is 15.0 Å². The molecule has 2 aromatic heterocycles. The van der Waals surface area contributed by atoms with E-state index in [-0.39, 0.29) is 11.6 Å². The highest BCUT2D eigenvalue weighted by molar-refractivity contribution is 7.89. The Labute approximate surface area is 116 Å². The van der Waals surface area contributed by atoms with E-state index in [1.54, 1.807) is 6.07 Å². The van der Waals surface area contributed by atoms with E-state index in [2.05, 4.69) is 10.0 Å². The highest BCUT2D eigenvalue weighted by Gasteiger charge is 2.18. The summed E-state index contributed by atoms with van der Waals surface area (Å²) in [4.78, 5) is 0.961. The molecule has 2 heterocycles. The quantitative estimate of drug-likeness (QED) is 0.819. The second-order valence-electron chi connectivity index (χ2n) is 3.90. The minimum absolute atomic E-state index is 0.0445. The van der Waals surface area contributed by atoms with Gasteiger partial charge in [0.05, 0.1) is 6.54 Å². The maximum Gasteiger partial charge on any atom is 0.274 e. The van der Waals surface area contributed by atoms with Gasteiger partial charge in [0.15, 0.2) is 0 Å². The summed E-state index contributed by atoms with van der Waals surface area (Å²) < 4.78 is 31.8. The Hall–Kier alpha value is -1.15. The lowest BCUT2D eigenvalue weighted by atomic mass is 10.4. The van der Waals surface area contributed by atoms with Gasteiger partial charge in [-0.2, -0.15) is 0 Å². The fourth-order valence-electron chi connectivity index (χ4n) is 1.50. The number of thiophene rings is 1. The third-order valence-corrected chi connectivity index (χ3v) is 4.62. The van der Waals surface area contributed by atoms with E-state index in [0.717, 1.165) is 11.4 Å². The Bertz CT molecular complexity index is 603. The van der Waals surface area contributed by atoms with E-state index in [1.165, 1.54) is 17.4 Å². The molecule has 19 heavy (non-hydrogen) atoms. The molecule has 0 saturated carbocycles. The number of hydrogen-bond acceptors (Lipinski definition) is 5. The van der Waals surface area contributed by atoms with Crippen molar-refractivity contribution in [2.45, 2.75) is 25.1 Å². The third-order valence-electron chi connectivity index (χ3n) is 2.47. The van der Waals surface area contributed by atoms with Crippen LogP contribution >= 0.6 is 11.3 Å². The van der Waals surface area contributed by atoms with Gasteiger partial charge < -0.3 is 9.73 Å². The number of nitrogens with one attached hydrogen (secondary N) is 2. The predicted octanol–water partition coefficient (Wildman–Crippen LogP) is 1.93. The standard InChI is InChI=1S/C12H16N2O3S2/c1-2-13-8-10-5-6-12(17-10)19(15,16)14-9-11-4-3-7-18-11/h3-7,13-14H,2,8-9H2,1H3. The van der Waals surface area contributed by atoms with Crippen molar-refractivity contribution in [3.63, 3.8) is 0 Å². The number of sulfonamides is 1.